The van der Waals surface area contributed by atoms with Crippen LogP contribution in [-0.2, 0) is 6.18 Å². The predicted molar refractivity (Wildman–Crippen MR) is 69.4 cm³/mol. The monoisotopic (exact) mass is 304 g/mol. The van der Waals surface area contributed by atoms with Crippen LogP contribution in [0.15, 0.2) is 30.5 Å². The molecule has 108 valence electrons. The Morgan fingerprint density at radius 1 is 1.30 bits per heavy atom. The fraction of sp³-hybridized carbons (Fsp3) is 0.308. The summed E-state index contributed by atoms with van der Waals surface area (Å²) < 4.78 is 44.3. The van der Waals surface area contributed by atoms with Crippen LogP contribution in [0.4, 0.5) is 13.2 Å². The van der Waals surface area contributed by atoms with Crippen molar-refractivity contribution in [2.24, 2.45) is 0 Å². The molecule has 3 nitrogen and oxygen atoms in total. The highest BCUT2D eigenvalue weighted by atomic mass is 35.5. The average molecular weight is 305 g/mol. The van der Waals surface area contributed by atoms with Crippen molar-refractivity contribution in [2.45, 2.75) is 19.5 Å². The molecular weight excluding hydrogens is 293 g/mol. The number of benzene rings is 1. The van der Waals surface area contributed by atoms with Gasteiger partial charge in [0.1, 0.15) is 11.4 Å². The van der Waals surface area contributed by atoms with E-state index in [4.69, 9.17) is 16.3 Å². The van der Waals surface area contributed by atoms with Gasteiger partial charge in [-0.1, -0.05) is 18.5 Å². The zero-order valence-corrected chi connectivity index (χ0v) is 11.4. The molecule has 2 aromatic rings. The molecule has 0 N–H and O–H groups in total. The Balaban J connectivity index is 2.40. The Labute approximate surface area is 118 Å². The van der Waals surface area contributed by atoms with E-state index in [0.29, 0.717) is 23.1 Å². The summed E-state index contributed by atoms with van der Waals surface area (Å²) >= 11 is 5.88. The van der Waals surface area contributed by atoms with Gasteiger partial charge in [0.15, 0.2) is 5.69 Å². The third-order valence-corrected chi connectivity index (χ3v) is 2.74. The molecule has 0 atom stereocenters. The molecule has 0 aliphatic rings. The van der Waals surface area contributed by atoms with E-state index in [1.165, 1.54) is 12.3 Å². The van der Waals surface area contributed by atoms with Gasteiger partial charge in [-0.15, -0.1) is 0 Å². The van der Waals surface area contributed by atoms with E-state index in [-0.39, 0.29) is 0 Å². The molecule has 0 fully saturated rings. The zero-order chi connectivity index (χ0) is 14.8. The van der Waals surface area contributed by atoms with Gasteiger partial charge in [0.25, 0.3) is 0 Å². The largest absolute Gasteiger partial charge is 0.491 e. The van der Waals surface area contributed by atoms with E-state index >= 15 is 0 Å². The van der Waals surface area contributed by atoms with Crippen LogP contribution in [0.3, 0.4) is 0 Å². The smallest absolute Gasteiger partial charge is 0.435 e. The molecule has 0 unspecified atom stereocenters. The van der Waals surface area contributed by atoms with Crippen molar-refractivity contribution in [3.05, 3.63) is 41.2 Å². The Hall–Kier alpha value is -1.69. The molecular formula is C13H12ClF3N2O. The van der Waals surface area contributed by atoms with Crippen LogP contribution in [-0.4, -0.2) is 16.4 Å². The van der Waals surface area contributed by atoms with Crippen LogP contribution in [0, 0.1) is 0 Å². The highest BCUT2D eigenvalue weighted by Gasteiger charge is 2.33. The van der Waals surface area contributed by atoms with Gasteiger partial charge >= 0.3 is 6.18 Å². The van der Waals surface area contributed by atoms with Gasteiger partial charge in [-0.05, 0) is 30.7 Å². The summed E-state index contributed by atoms with van der Waals surface area (Å²) in [4.78, 5) is 0. The van der Waals surface area contributed by atoms with Crippen LogP contribution in [0.2, 0.25) is 5.02 Å². The van der Waals surface area contributed by atoms with Crippen LogP contribution >= 0.6 is 11.6 Å². The Bertz CT molecular complexity index is 596. The van der Waals surface area contributed by atoms with Crippen molar-refractivity contribution in [3.63, 3.8) is 0 Å². The van der Waals surface area contributed by atoms with Gasteiger partial charge in [-0.3, -0.25) is 0 Å². The molecule has 0 aliphatic heterocycles. The number of alkyl halides is 3. The maximum Gasteiger partial charge on any atom is 0.435 e. The summed E-state index contributed by atoms with van der Waals surface area (Å²) in [5.41, 5.74) is -0.583. The number of nitrogens with zero attached hydrogens (tertiary/aromatic N) is 2. The molecule has 0 amide bonds. The number of hydrogen-bond donors (Lipinski definition) is 0. The summed E-state index contributed by atoms with van der Waals surface area (Å²) in [6.45, 7) is 2.40. The maximum absolute atomic E-state index is 12.6. The highest BCUT2D eigenvalue weighted by Crippen LogP contribution is 2.30. The first kappa shape index (κ1) is 14.7. The van der Waals surface area contributed by atoms with Crippen LogP contribution < -0.4 is 4.74 Å². The van der Waals surface area contributed by atoms with Crippen molar-refractivity contribution >= 4 is 11.6 Å². The topological polar surface area (TPSA) is 27.1 Å². The second kappa shape index (κ2) is 5.75. The second-order valence-corrected chi connectivity index (χ2v) is 4.54. The Kier molecular flexibility index (Phi) is 4.23. The molecule has 20 heavy (non-hydrogen) atoms. The van der Waals surface area contributed by atoms with Crippen molar-refractivity contribution < 1.29 is 17.9 Å². The highest BCUT2D eigenvalue weighted by molar-refractivity contribution is 6.30. The number of halogens is 4. The summed E-state index contributed by atoms with van der Waals surface area (Å²) in [5.74, 6) is 0.438. The molecule has 7 heteroatoms. The Morgan fingerprint density at radius 2 is 2.05 bits per heavy atom. The number of ether oxygens (including phenoxy) is 1. The van der Waals surface area contributed by atoms with Crippen LogP contribution in [0.5, 0.6) is 5.75 Å². The van der Waals surface area contributed by atoms with Crippen LogP contribution in [0.1, 0.15) is 19.0 Å². The number of aromatic nitrogens is 2. The molecule has 2 rings (SSSR count). The molecule has 1 heterocycles. The third kappa shape index (κ3) is 3.25. The van der Waals surface area contributed by atoms with Gasteiger partial charge in [-0.25, -0.2) is 4.68 Å². The predicted octanol–water partition coefficient (Wildman–Crippen LogP) is 4.33. The minimum Gasteiger partial charge on any atom is -0.491 e. The fourth-order valence-electron chi connectivity index (χ4n) is 1.61. The van der Waals surface area contributed by atoms with Gasteiger partial charge in [0.2, 0.25) is 0 Å². The molecule has 0 spiro atoms. The van der Waals surface area contributed by atoms with Gasteiger partial charge in [0.05, 0.1) is 6.61 Å². The molecule has 0 bridgehead atoms. The molecule has 0 saturated heterocycles. The van der Waals surface area contributed by atoms with Crippen molar-refractivity contribution in [3.8, 4) is 11.4 Å². The van der Waals surface area contributed by atoms with E-state index < -0.39 is 11.9 Å². The minimum atomic E-state index is -4.48. The number of hydrogen-bond acceptors (Lipinski definition) is 2. The van der Waals surface area contributed by atoms with Gasteiger partial charge < -0.3 is 4.74 Å². The van der Waals surface area contributed by atoms with E-state index in [1.54, 1.807) is 12.1 Å². The van der Waals surface area contributed by atoms with Crippen molar-refractivity contribution in [1.29, 1.82) is 0 Å². The molecule has 0 radical (unpaired) electrons. The SMILES string of the molecule is CCCOc1ccc(Cl)cc1-n1ccc(C(F)(F)F)n1. The van der Waals surface area contributed by atoms with Crippen LogP contribution in [0.25, 0.3) is 5.69 Å². The van der Waals surface area contributed by atoms with Crippen molar-refractivity contribution in [2.75, 3.05) is 6.61 Å². The summed E-state index contributed by atoms with van der Waals surface area (Å²) in [5, 5.41) is 3.91. The lowest BCUT2D eigenvalue weighted by Crippen LogP contribution is -2.08. The van der Waals surface area contributed by atoms with E-state index in [2.05, 4.69) is 5.10 Å². The quantitative estimate of drug-likeness (QED) is 0.840. The van der Waals surface area contributed by atoms with E-state index in [9.17, 15) is 13.2 Å². The standard InChI is InChI=1S/C13H12ClF3N2O/c1-2-7-20-11-4-3-9(14)8-10(11)19-6-5-12(18-19)13(15,16)17/h3-6,8H,2,7H2,1H3. The normalized spacial score (nSPS) is 11.7. The molecule has 1 aromatic heterocycles. The summed E-state index contributed by atoms with van der Waals surface area (Å²) in [7, 11) is 0. The first-order valence-corrected chi connectivity index (χ1v) is 6.35. The average Bonchev–Trinajstić information content (AvgIpc) is 2.86. The first-order chi connectivity index (χ1) is 9.41. The van der Waals surface area contributed by atoms with Crippen molar-refractivity contribution in [1.82, 2.24) is 9.78 Å². The Morgan fingerprint density at radius 3 is 2.65 bits per heavy atom. The number of rotatable bonds is 4. The second-order valence-electron chi connectivity index (χ2n) is 4.10. The first-order valence-electron chi connectivity index (χ1n) is 5.97. The fourth-order valence-corrected chi connectivity index (χ4v) is 1.78. The van der Waals surface area contributed by atoms with E-state index in [0.717, 1.165) is 17.2 Å². The minimum absolute atomic E-state index is 0.376. The summed E-state index contributed by atoms with van der Waals surface area (Å²) in [6.07, 6.45) is -2.46. The molecule has 0 saturated carbocycles. The van der Waals surface area contributed by atoms with Gasteiger partial charge in [-0.2, -0.15) is 18.3 Å². The van der Waals surface area contributed by atoms with Gasteiger partial charge in [0, 0.05) is 11.2 Å². The molecule has 0 aliphatic carbocycles. The third-order valence-electron chi connectivity index (χ3n) is 2.51. The summed E-state index contributed by atoms with van der Waals surface area (Å²) in [6, 6.07) is 5.65. The lowest BCUT2D eigenvalue weighted by molar-refractivity contribution is -0.141. The lowest BCUT2D eigenvalue weighted by Gasteiger charge is -2.11. The molecule has 1 aromatic carbocycles. The maximum atomic E-state index is 12.6. The lowest BCUT2D eigenvalue weighted by atomic mass is 10.3. The van der Waals surface area contributed by atoms with E-state index in [1.807, 2.05) is 6.92 Å². The zero-order valence-electron chi connectivity index (χ0n) is 10.6.